The molecule has 7 rings (SSSR count). The van der Waals surface area contributed by atoms with Crippen LogP contribution in [0.15, 0.2) is 108 Å². The van der Waals surface area contributed by atoms with E-state index in [1.165, 1.54) is 18.5 Å². The van der Waals surface area contributed by atoms with E-state index in [1.54, 1.807) is 54.6 Å². The SMILES string of the molecule is [2H]C([2H])([2H])c1ccc(-c2[c-]cccc2)nc1.[2H]c1cc(CC(C)(C)C)cc(C([2H])([2H])[2H])c1-c1cc(-c2[c-]ccc3c2oc2cc(C#N)ccc23)ncc1C([2H])([2H])[2H].[Ir]. The van der Waals surface area contributed by atoms with Crippen LogP contribution < -0.4 is 0 Å². The summed E-state index contributed by atoms with van der Waals surface area (Å²) in [6.07, 6.45) is 3.16. The van der Waals surface area contributed by atoms with E-state index in [9.17, 15) is 5.26 Å². The number of furan rings is 1. The van der Waals surface area contributed by atoms with Gasteiger partial charge in [-0.05, 0) is 89.3 Å². The first-order valence-electron chi connectivity index (χ1n) is 20.0. The molecule has 0 N–H and O–H groups in total. The van der Waals surface area contributed by atoms with Gasteiger partial charge in [0.05, 0.1) is 18.6 Å². The summed E-state index contributed by atoms with van der Waals surface area (Å²) in [4.78, 5) is 8.56. The van der Waals surface area contributed by atoms with Crippen molar-refractivity contribution in [3.8, 4) is 39.7 Å². The molecule has 3 aromatic heterocycles. The maximum atomic E-state index is 9.30. The Bertz CT molecular complexity index is 2620. The number of aromatic nitrogens is 2. The molecule has 0 saturated heterocycles. The van der Waals surface area contributed by atoms with Gasteiger partial charge in [0.2, 0.25) is 0 Å². The Kier molecular flexibility index (Phi) is 7.07. The first-order valence-corrected chi connectivity index (χ1v) is 15.0. The average molecular weight is 814 g/mol. The number of aryl methyl sites for hydroxylation is 3. The third kappa shape index (κ3) is 7.63. The molecular weight excluding hydrogens is 767 g/mol. The molecule has 4 nitrogen and oxygen atoms in total. The predicted molar refractivity (Wildman–Crippen MR) is 192 cm³/mol. The molecule has 0 aliphatic rings. The second-order valence-electron chi connectivity index (χ2n) is 12.4. The Labute approximate surface area is 310 Å². The fourth-order valence-corrected chi connectivity index (χ4v) is 5.39. The zero-order chi connectivity index (χ0) is 41.5. The van der Waals surface area contributed by atoms with Crippen molar-refractivity contribution in [1.29, 1.82) is 5.26 Å². The minimum atomic E-state index is -2.62. The molecule has 0 spiro atoms. The van der Waals surface area contributed by atoms with Gasteiger partial charge >= 0.3 is 0 Å². The summed E-state index contributed by atoms with van der Waals surface area (Å²) in [5.41, 5.74) is 4.44. The second-order valence-corrected chi connectivity index (χ2v) is 12.4. The summed E-state index contributed by atoms with van der Waals surface area (Å²) in [5, 5.41) is 10.9. The Morgan fingerprint density at radius 2 is 1.69 bits per heavy atom. The molecule has 0 atom stereocenters. The van der Waals surface area contributed by atoms with Gasteiger partial charge in [-0.2, -0.15) is 5.26 Å². The average Bonchev–Trinajstić information content (AvgIpc) is 3.51. The number of fused-ring (bicyclic) bond motifs is 3. The van der Waals surface area contributed by atoms with E-state index in [4.69, 9.17) is 18.1 Å². The third-order valence-electron chi connectivity index (χ3n) is 7.48. The fourth-order valence-electron chi connectivity index (χ4n) is 5.39. The molecule has 5 heteroatoms. The van der Waals surface area contributed by atoms with E-state index < -0.39 is 20.6 Å². The van der Waals surface area contributed by atoms with Crippen molar-refractivity contribution < 1.29 is 38.2 Å². The third-order valence-corrected chi connectivity index (χ3v) is 7.48. The van der Waals surface area contributed by atoms with Crippen LogP contribution in [0.3, 0.4) is 0 Å². The molecule has 0 bridgehead atoms. The molecule has 1 radical (unpaired) electrons. The summed E-state index contributed by atoms with van der Waals surface area (Å²) >= 11 is 0. The Morgan fingerprint density at radius 3 is 2.40 bits per heavy atom. The Balaban J connectivity index is 0.000000315. The van der Waals surface area contributed by atoms with Gasteiger partial charge in [-0.15, -0.1) is 54.1 Å². The molecule has 7 aromatic rings. The monoisotopic (exact) mass is 814 g/mol. The minimum absolute atomic E-state index is 0. The van der Waals surface area contributed by atoms with Gasteiger partial charge in [0.15, 0.2) is 0 Å². The number of hydrogen-bond donors (Lipinski definition) is 0. The summed E-state index contributed by atoms with van der Waals surface area (Å²) < 4.78 is 86.1. The van der Waals surface area contributed by atoms with Gasteiger partial charge in [0.1, 0.15) is 5.58 Å². The van der Waals surface area contributed by atoms with Gasteiger partial charge in [-0.1, -0.05) is 74.2 Å². The van der Waals surface area contributed by atoms with Crippen LogP contribution in [0.2, 0.25) is 0 Å². The smallest absolute Gasteiger partial charge is 0.122 e. The molecule has 0 saturated carbocycles. The van der Waals surface area contributed by atoms with Gasteiger partial charge in [-0.3, -0.25) is 0 Å². The van der Waals surface area contributed by atoms with Crippen molar-refractivity contribution in [2.24, 2.45) is 5.41 Å². The van der Waals surface area contributed by atoms with E-state index >= 15 is 0 Å². The summed E-state index contributed by atoms with van der Waals surface area (Å²) in [6, 6.07) is 32.3. The van der Waals surface area contributed by atoms with E-state index in [0.29, 0.717) is 40.0 Å². The van der Waals surface area contributed by atoms with E-state index in [0.717, 1.165) is 22.0 Å². The zero-order valence-electron chi connectivity index (χ0n) is 36.5. The van der Waals surface area contributed by atoms with Gasteiger partial charge < -0.3 is 14.4 Å². The van der Waals surface area contributed by atoms with Crippen molar-refractivity contribution in [3.63, 3.8) is 0 Å². The van der Waals surface area contributed by atoms with Crippen molar-refractivity contribution in [3.05, 3.63) is 143 Å². The van der Waals surface area contributed by atoms with Crippen molar-refractivity contribution in [2.45, 2.75) is 47.7 Å². The topological polar surface area (TPSA) is 62.7 Å². The number of benzene rings is 4. The number of rotatable bonds is 4. The Hall–Kier alpha value is -4.88. The molecule has 4 aromatic carbocycles. The van der Waals surface area contributed by atoms with Gasteiger partial charge in [0.25, 0.3) is 0 Å². The van der Waals surface area contributed by atoms with Crippen LogP contribution in [-0.2, 0) is 26.5 Å². The molecule has 0 aliphatic carbocycles. The van der Waals surface area contributed by atoms with Crippen molar-refractivity contribution >= 4 is 21.9 Å². The maximum Gasteiger partial charge on any atom is 0.122 e. The minimum Gasteiger partial charge on any atom is -0.501 e. The van der Waals surface area contributed by atoms with E-state index in [-0.39, 0.29) is 59.4 Å². The van der Waals surface area contributed by atoms with Gasteiger partial charge in [-0.25, -0.2) is 0 Å². The van der Waals surface area contributed by atoms with Crippen LogP contribution in [0.1, 0.15) is 62.3 Å². The molecular formula is C43H37IrN3O-2. The zero-order valence-corrected chi connectivity index (χ0v) is 28.9. The normalized spacial score (nSPS) is 14.9. The largest absolute Gasteiger partial charge is 0.501 e. The van der Waals surface area contributed by atoms with Crippen LogP contribution in [0.25, 0.3) is 55.6 Å². The number of hydrogen-bond acceptors (Lipinski definition) is 4. The Morgan fingerprint density at radius 1 is 0.833 bits per heavy atom. The van der Waals surface area contributed by atoms with Crippen molar-refractivity contribution in [1.82, 2.24) is 9.97 Å². The molecule has 48 heavy (non-hydrogen) atoms. The summed E-state index contributed by atoms with van der Waals surface area (Å²) in [7, 11) is 0. The number of nitrogens with zero attached hydrogens (tertiary/aromatic N) is 3. The summed E-state index contributed by atoms with van der Waals surface area (Å²) in [5.74, 6) is 0. The number of pyridine rings is 2. The maximum absolute atomic E-state index is 9.30. The van der Waals surface area contributed by atoms with Crippen LogP contribution in [0.4, 0.5) is 0 Å². The molecule has 241 valence electrons. The van der Waals surface area contributed by atoms with Crippen LogP contribution in [0.5, 0.6) is 0 Å². The first-order chi connectivity index (χ1) is 26.6. The molecule has 3 heterocycles. The first kappa shape index (κ1) is 23.4. The fraction of sp³-hybridized carbons (Fsp3) is 0.186. The van der Waals surface area contributed by atoms with Crippen molar-refractivity contribution in [2.75, 3.05) is 0 Å². The quantitative estimate of drug-likeness (QED) is 0.166. The summed E-state index contributed by atoms with van der Waals surface area (Å²) in [6.45, 7) is -1.23. The van der Waals surface area contributed by atoms with Crippen LogP contribution >= 0.6 is 0 Å². The van der Waals surface area contributed by atoms with Crippen LogP contribution in [-0.4, -0.2) is 9.97 Å². The molecule has 0 amide bonds. The predicted octanol–water partition coefficient (Wildman–Crippen LogP) is 11.0. The van der Waals surface area contributed by atoms with Gasteiger partial charge in [0, 0.05) is 50.2 Å². The molecule has 0 unspecified atom stereocenters. The van der Waals surface area contributed by atoms with E-state index in [2.05, 4.69) is 28.2 Å². The van der Waals surface area contributed by atoms with E-state index in [1.807, 2.05) is 45.0 Å². The molecule has 0 fully saturated rings. The second kappa shape index (κ2) is 14.5. The van der Waals surface area contributed by atoms with Crippen LogP contribution in [0, 0.1) is 49.4 Å². The standard InChI is InChI=1S/C31H27N2O.C12H10N.Ir/c1-19-13-21(16-31(3,4)5)9-11-23(19)27-15-28(33-18-20(27)2)26-8-6-7-25-24-12-10-22(17-32)14-29(24)34-30(25)26;1-10-7-8-12(13-9-10)11-5-3-2-4-6-11;/h6-7,9-15,18H,16H2,1-5H3;2-5,7-9H,1H3;/q2*-1;/i1D3,2D3,11D;1D3;. The molecule has 0 aliphatic heterocycles. The number of nitriles is 1.